The van der Waals surface area contributed by atoms with Gasteiger partial charge in [-0.2, -0.15) is 5.26 Å². The molecule has 0 aliphatic carbocycles. The molecule has 2 aromatic carbocycles. The molecule has 10 heteroatoms. The number of fused-ring (bicyclic) bond motifs is 1. The van der Waals surface area contributed by atoms with E-state index in [0.717, 1.165) is 4.70 Å². The summed E-state index contributed by atoms with van der Waals surface area (Å²) in [7, 11) is 0. The summed E-state index contributed by atoms with van der Waals surface area (Å²) in [6, 6.07) is 12.0. The molecule has 3 rings (SSSR count). The number of esters is 1. The minimum atomic E-state index is -0.778. The summed E-state index contributed by atoms with van der Waals surface area (Å²) < 4.78 is 11.1. The number of ether oxygens (including phenoxy) is 2. The molecule has 0 amide bonds. The number of carbonyl (C=O) groups is 1. The zero-order chi connectivity index (χ0) is 21.0. The lowest BCUT2D eigenvalue weighted by atomic mass is 10.2. The Morgan fingerprint density at radius 3 is 2.59 bits per heavy atom. The summed E-state index contributed by atoms with van der Waals surface area (Å²) >= 11 is 18.9. The number of carbonyl (C=O) groups excluding carboxylic acids is 1. The van der Waals surface area contributed by atoms with E-state index >= 15 is 0 Å². The van der Waals surface area contributed by atoms with Crippen LogP contribution >= 0.6 is 46.1 Å². The second-order valence-corrected chi connectivity index (χ2v) is 7.82. The van der Waals surface area contributed by atoms with Gasteiger partial charge in [-0.15, -0.1) is 11.3 Å². The predicted molar refractivity (Wildman–Crippen MR) is 113 cm³/mol. The zero-order valence-electron chi connectivity index (χ0n) is 14.5. The van der Waals surface area contributed by atoms with Gasteiger partial charge in [-0.3, -0.25) is 0 Å². The molecule has 0 spiro atoms. The minimum Gasteiger partial charge on any atom is -0.507 e. The van der Waals surface area contributed by atoms with Crippen LogP contribution in [0.5, 0.6) is 5.75 Å². The third-order valence-corrected chi connectivity index (χ3v) is 5.67. The number of aliphatic hydroxyl groups is 1. The molecule has 0 saturated carbocycles. The van der Waals surface area contributed by atoms with Crippen molar-refractivity contribution in [2.24, 2.45) is 0 Å². The molecule has 0 bridgehead atoms. The van der Waals surface area contributed by atoms with E-state index in [1.54, 1.807) is 6.07 Å². The highest BCUT2D eigenvalue weighted by Gasteiger charge is 2.16. The number of para-hydroxylation sites is 1. The molecule has 0 saturated heterocycles. The third kappa shape index (κ3) is 5.11. The summed E-state index contributed by atoms with van der Waals surface area (Å²) in [5, 5.41) is 20.5. The van der Waals surface area contributed by atoms with Gasteiger partial charge in [0.2, 0.25) is 0 Å². The molecule has 1 N–H and O–H groups in total. The van der Waals surface area contributed by atoms with Gasteiger partial charge in [-0.25, -0.2) is 9.78 Å². The first kappa shape index (κ1) is 21.2. The van der Waals surface area contributed by atoms with E-state index in [-0.39, 0.29) is 26.4 Å². The van der Waals surface area contributed by atoms with Gasteiger partial charge in [-0.05, 0) is 18.2 Å². The largest absolute Gasteiger partial charge is 0.507 e. The third-order valence-electron chi connectivity index (χ3n) is 3.60. The van der Waals surface area contributed by atoms with Gasteiger partial charge in [0.15, 0.2) is 12.4 Å². The number of hydrogen-bond donors (Lipinski definition) is 1. The summed E-state index contributed by atoms with van der Waals surface area (Å²) in [4.78, 5) is 16.2. The zero-order valence-corrected chi connectivity index (χ0v) is 17.6. The number of benzene rings is 2. The van der Waals surface area contributed by atoms with Crippen LogP contribution in [0.1, 0.15) is 5.01 Å². The van der Waals surface area contributed by atoms with E-state index in [4.69, 9.17) is 44.3 Å². The van der Waals surface area contributed by atoms with Crippen LogP contribution in [0.4, 0.5) is 0 Å². The average Bonchev–Trinajstić information content (AvgIpc) is 3.12. The van der Waals surface area contributed by atoms with Gasteiger partial charge in [0.25, 0.3) is 0 Å². The molecule has 148 valence electrons. The van der Waals surface area contributed by atoms with E-state index in [1.807, 2.05) is 24.3 Å². The molecule has 0 unspecified atom stereocenters. The van der Waals surface area contributed by atoms with E-state index in [1.165, 1.54) is 23.5 Å². The highest BCUT2D eigenvalue weighted by molar-refractivity contribution is 7.19. The van der Waals surface area contributed by atoms with E-state index in [2.05, 4.69) is 4.98 Å². The van der Waals surface area contributed by atoms with Gasteiger partial charge >= 0.3 is 5.97 Å². The van der Waals surface area contributed by atoms with E-state index in [0.29, 0.717) is 10.5 Å². The Kier molecular flexibility index (Phi) is 6.83. The fourth-order valence-corrected chi connectivity index (χ4v) is 3.80. The van der Waals surface area contributed by atoms with Gasteiger partial charge in [0.1, 0.15) is 29.0 Å². The van der Waals surface area contributed by atoms with Gasteiger partial charge in [-0.1, -0.05) is 46.9 Å². The van der Waals surface area contributed by atoms with Crippen molar-refractivity contribution in [3.05, 3.63) is 62.2 Å². The molecule has 0 aliphatic rings. The first-order chi connectivity index (χ1) is 13.9. The Bertz CT molecular complexity index is 1120. The van der Waals surface area contributed by atoms with Crippen LogP contribution in [-0.4, -0.2) is 29.3 Å². The maximum absolute atomic E-state index is 11.9. The summed E-state index contributed by atoms with van der Waals surface area (Å²) in [6.45, 7) is -0.982. The highest BCUT2D eigenvalue weighted by Crippen LogP contribution is 2.34. The number of thiazole rings is 1. The van der Waals surface area contributed by atoms with E-state index < -0.39 is 24.9 Å². The molecule has 0 atom stereocenters. The van der Waals surface area contributed by atoms with Crippen molar-refractivity contribution in [2.75, 3.05) is 13.2 Å². The molecule has 0 radical (unpaired) electrons. The molecule has 29 heavy (non-hydrogen) atoms. The van der Waals surface area contributed by atoms with Crippen molar-refractivity contribution in [2.45, 2.75) is 0 Å². The Morgan fingerprint density at radius 2 is 1.86 bits per heavy atom. The number of allylic oxidation sites excluding steroid dienone is 1. The van der Waals surface area contributed by atoms with E-state index in [9.17, 15) is 15.2 Å². The van der Waals surface area contributed by atoms with Gasteiger partial charge in [0, 0.05) is 6.07 Å². The topological polar surface area (TPSA) is 92.4 Å². The number of rotatable bonds is 6. The van der Waals surface area contributed by atoms with Gasteiger partial charge in [0.05, 0.1) is 25.3 Å². The van der Waals surface area contributed by atoms with Crippen LogP contribution in [0.25, 0.3) is 15.8 Å². The van der Waals surface area contributed by atoms with Crippen molar-refractivity contribution in [1.29, 1.82) is 5.26 Å². The normalized spacial score (nSPS) is 11.7. The fraction of sp³-hybridized carbons (Fsp3) is 0.105. The van der Waals surface area contributed by atoms with Crippen LogP contribution in [0.3, 0.4) is 0 Å². The van der Waals surface area contributed by atoms with Crippen LogP contribution in [0, 0.1) is 11.3 Å². The van der Waals surface area contributed by atoms with Crippen molar-refractivity contribution in [3.63, 3.8) is 0 Å². The molecule has 1 aromatic heterocycles. The second kappa shape index (κ2) is 9.33. The monoisotopic (exact) mass is 468 g/mol. The number of hydrogen-bond acceptors (Lipinski definition) is 7. The first-order valence-electron chi connectivity index (χ1n) is 8.00. The second-order valence-electron chi connectivity index (χ2n) is 5.57. The fourth-order valence-electron chi connectivity index (χ4n) is 2.23. The predicted octanol–water partition coefficient (Wildman–Crippen LogP) is 5.67. The number of aromatic nitrogens is 1. The Morgan fingerprint density at radius 1 is 1.14 bits per heavy atom. The smallest absolute Gasteiger partial charge is 0.344 e. The Labute approximate surface area is 184 Å². The van der Waals surface area contributed by atoms with Crippen LogP contribution in [0.2, 0.25) is 15.1 Å². The van der Waals surface area contributed by atoms with Crippen LogP contribution < -0.4 is 4.74 Å². The molecule has 0 aliphatic heterocycles. The lowest BCUT2D eigenvalue weighted by Gasteiger charge is -2.09. The van der Waals surface area contributed by atoms with Crippen molar-refractivity contribution < 1.29 is 19.4 Å². The number of nitriles is 1. The van der Waals surface area contributed by atoms with Crippen LogP contribution in [-0.2, 0) is 9.53 Å². The molecule has 0 fully saturated rings. The Balaban J connectivity index is 1.64. The SMILES string of the molecule is N#CC(=C(O)COC(=O)COc1cc(Cl)c(Cl)cc1Cl)c1nc2ccccc2s1. The average molecular weight is 470 g/mol. The molecular weight excluding hydrogens is 459 g/mol. The summed E-state index contributed by atoms with van der Waals surface area (Å²) in [5.74, 6) is -1.03. The molecule has 3 aromatic rings. The lowest BCUT2D eigenvalue weighted by molar-refractivity contribution is -0.145. The van der Waals surface area contributed by atoms with Crippen LogP contribution in [0.15, 0.2) is 42.2 Å². The quantitative estimate of drug-likeness (QED) is 0.216. The van der Waals surface area contributed by atoms with Gasteiger partial charge < -0.3 is 14.6 Å². The maximum atomic E-state index is 11.9. The minimum absolute atomic E-state index is 0.0626. The standard InChI is InChI=1S/C19H11Cl3N2O4S/c20-11-5-13(22)16(6-12(11)21)27-9-18(26)28-8-15(25)10(7-23)19-24-14-3-1-2-4-17(14)29-19/h1-6,25H,8-9H2. The van der Waals surface area contributed by atoms with Crippen molar-refractivity contribution >= 4 is 67.9 Å². The first-order valence-corrected chi connectivity index (χ1v) is 9.95. The van der Waals surface area contributed by atoms with Crippen molar-refractivity contribution in [3.8, 4) is 11.8 Å². The van der Waals surface area contributed by atoms with Crippen molar-refractivity contribution in [1.82, 2.24) is 4.98 Å². The maximum Gasteiger partial charge on any atom is 0.344 e. The molecular formula is C19H11Cl3N2O4S. The molecule has 6 nitrogen and oxygen atoms in total. The highest BCUT2D eigenvalue weighted by atomic mass is 35.5. The number of halogens is 3. The number of nitrogens with zero attached hydrogens (tertiary/aromatic N) is 2. The lowest BCUT2D eigenvalue weighted by Crippen LogP contribution is -2.16. The Hall–Kier alpha value is -2.50. The number of aliphatic hydroxyl groups excluding tert-OH is 1. The summed E-state index contributed by atoms with van der Waals surface area (Å²) in [5.41, 5.74) is 0.643. The summed E-state index contributed by atoms with van der Waals surface area (Å²) in [6.07, 6.45) is 0. The molecule has 1 heterocycles.